The van der Waals surface area contributed by atoms with E-state index in [-0.39, 0.29) is 16.7 Å². The first kappa shape index (κ1) is 14.4. The molecule has 1 aromatic rings. The zero-order valence-corrected chi connectivity index (χ0v) is 11.6. The van der Waals surface area contributed by atoms with Crippen LogP contribution in [0.3, 0.4) is 0 Å². The van der Waals surface area contributed by atoms with E-state index in [9.17, 15) is 10.1 Å². The molecule has 1 N–H and O–H groups in total. The van der Waals surface area contributed by atoms with E-state index in [0.29, 0.717) is 18.1 Å². The highest BCUT2D eigenvalue weighted by Gasteiger charge is 2.28. The molecular weight excluding hydrogens is 234 g/mol. The van der Waals surface area contributed by atoms with Gasteiger partial charge in [0.25, 0.3) is 0 Å². The fraction of sp³-hybridized carbons (Fsp3) is 0.727. The summed E-state index contributed by atoms with van der Waals surface area (Å²) in [5.41, 5.74) is 0.558. The van der Waals surface area contributed by atoms with Gasteiger partial charge in [-0.05, 0) is 27.8 Å². The summed E-state index contributed by atoms with van der Waals surface area (Å²) in [5.74, 6) is 0.572. The minimum atomic E-state index is -0.355. The zero-order valence-electron chi connectivity index (χ0n) is 11.6. The van der Waals surface area contributed by atoms with Gasteiger partial charge in [0.15, 0.2) is 0 Å². The van der Waals surface area contributed by atoms with Crippen molar-refractivity contribution in [3.05, 3.63) is 15.8 Å². The summed E-state index contributed by atoms with van der Waals surface area (Å²) >= 11 is 0. The predicted octanol–water partition coefficient (Wildman–Crippen LogP) is 1.34. The van der Waals surface area contributed by atoms with Gasteiger partial charge in [0.2, 0.25) is 5.82 Å². The van der Waals surface area contributed by atoms with Crippen molar-refractivity contribution in [2.45, 2.75) is 26.8 Å². The Labute approximate surface area is 107 Å². The van der Waals surface area contributed by atoms with Gasteiger partial charge in [-0.15, -0.1) is 0 Å². The molecule has 0 saturated carbocycles. The van der Waals surface area contributed by atoms with Gasteiger partial charge in [-0.1, -0.05) is 0 Å². The van der Waals surface area contributed by atoms with E-state index in [1.165, 1.54) is 0 Å². The van der Waals surface area contributed by atoms with Crippen LogP contribution in [0.1, 0.15) is 25.6 Å². The molecule has 0 fully saturated rings. The van der Waals surface area contributed by atoms with Crippen LogP contribution in [0.2, 0.25) is 0 Å². The summed E-state index contributed by atoms with van der Waals surface area (Å²) in [6.45, 7) is 7.05. The van der Waals surface area contributed by atoms with Crippen molar-refractivity contribution in [2.75, 3.05) is 32.1 Å². The van der Waals surface area contributed by atoms with Crippen molar-refractivity contribution >= 4 is 11.5 Å². The predicted molar refractivity (Wildman–Crippen MR) is 71.2 cm³/mol. The first-order valence-corrected chi connectivity index (χ1v) is 5.99. The fourth-order valence-corrected chi connectivity index (χ4v) is 1.84. The lowest BCUT2D eigenvalue weighted by Crippen LogP contribution is -2.29. The molecular formula is C11H21N5O2. The van der Waals surface area contributed by atoms with Crippen LogP contribution in [0.5, 0.6) is 0 Å². The number of aromatic nitrogens is 2. The van der Waals surface area contributed by atoms with Gasteiger partial charge in [0.1, 0.15) is 5.69 Å². The average Bonchev–Trinajstić information content (AvgIpc) is 2.63. The first-order valence-electron chi connectivity index (χ1n) is 5.99. The van der Waals surface area contributed by atoms with Crippen LogP contribution in [0.15, 0.2) is 0 Å². The van der Waals surface area contributed by atoms with Crippen molar-refractivity contribution in [1.82, 2.24) is 15.1 Å². The second kappa shape index (κ2) is 5.81. The number of rotatable bonds is 6. The highest BCUT2D eigenvalue weighted by molar-refractivity contribution is 5.61. The summed E-state index contributed by atoms with van der Waals surface area (Å²) in [7, 11) is 3.70. The van der Waals surface area contributed by atoms with Crippen LogP contribution in [-0.4, -0.2) is 41.9 Å². The molecule has 0 aromatic carbocycles. The lowest BCUT2D eigenvalue weighted by Gasteiger charge is -2.20. The molecule has 0 aliphatic rings. The molecule has 0 amide bonds. The molecule has 0 bridgehead atoms. The topological polar surface area (TPSA) is 76.2 Å². The number of hydrogen-bond donors (Lipinski definition) is 1. The molecule has 7 nitrogen and oxygen atoms in total. The van der Waals surface area contributed by atoms with Gasteiger partial charge < -0.3 is 10.2 Å². The molecule has 0 radical (unpaired) electrons. The van der Waals surface area contributed by atoms with E-state index in [1.807, 2.05) is 32.8 Å². The van der Waals surface area contributed by atoms with Crippen LogP contribution in [-0.2, 0) is 0 Å². The quantitative estimate of drug-likeness (QED) is 0.613. The van der Waals surface area contributed by atoms with E-state index in [1.54, 1.807) is 11.6 Å². The molecule has 0 aliphatic heterocycles. The highest BCUT2D eigenvalue weighted by Crippen LogP contribution is 2.32. The standard InChI is InChI=1S/C11H21N5O2/c1-8(2)15-11(14(5)7-6-12-4)10(16(17)18)9(3)13-15/h8,12H,6-7H2,1-5H3. The Kier molecular flexibility index (Phi) is 4.66. The molecule has 18 heavy (non-hydrogen) atoms. The monoisotopic (exact) mass is 255 g/mol. The number of aryl methyl sites for hydroxylation is 1. The van der Waals surface area contributed by atoms with Crippen molar-refractivity contribution in [3.63, 3.8) is 0 Å². The molecule has 7 heteroatoms. The van der Waals surface area contributed by atoms with Crippen LogP contribution >= 0.6 is 0 Å². The van der Waals surface area contributed by atoms with E-state index < -0.39 is 0 Å². The maximum Gasteiger partial charge on any atom is 0.333 e. The van der Waals surface area contributed by atoms with Gasteiger partial charge in [-0.25, -0.2) is 4.68 Å². The summed E-state index contributed by atoms with van der Waals surface area (Å²) in [5, 5.41) is 18.5. The smallest absolute Gasteiger partial charge is 0.333 e. The summed E-state index contributed by atoms with van der Waals surface area (Å²) in [6, 6.07) is 0.0874. The van der Waals surface area contributed by atoms with Crippen LogP contribution in [0, 0.1) is 17.0 Å². The van der Waals surface area contributed by atoms with Crippen molar-refractivity contribution in [1.29, 1.82) is 0 Å². The van der Waals surface area contributed by atoms with Gasteiger partial charge in [0, 0.05) is 26.2 Å². The third-order valence-electron chi connectivity index (χ3n) is 2.76. The lowest BCUT2D eigenvalue weighted by atomic mass is 10.3. The Balaban J connectivity index is 3.23. The zero-order chi connectivity index (χ0) is 13.9. The largest absolute Gasteiger partial charge is 0.353 e. The van der Waals surface area contributed by atoms with Gasteiger partial charge in [-0.2, -0.15) is 5.10 Å². The molecule has 1 aromatic heterocycles. The molecule has 0 atom stereocenters. The summed E-state index contributed by atoms with van der Waals surface area (Å²) in [6.07, 6.45) is 0. The molecule has 0 aliphatic carbocycles. The van der Waals surface area contributed by atoms with Gasteiger partial charge >= 0.3 is 5.69 Å². The van der Waals surface area contributed by atoms with Crippen molar-refractivity contribution < 1.29 is 4.92 Å². The number of nitro groups is 1. The summed E-state index contributed by atoms with van der Waals surface area (Å²) < 4.78 is 1.71. The molecule has 0 saturated heterocycles. The molecule has 0 spiro atoms. The number of nitrogens with zero attached hydrogens (tertiary/aromatic N) is 4. The van der Waals surface area contributed by atoms with Gasteiger partial charge in [0.05, 0.1) is 4.92 Å². The third-order valence-corrected chi connectivity index (χ3v) is 2.76. The molecule has 102 valence electrons. The van der Waals surface area contributed by atoms with Crippen LogP contribution in [0.4, 0.5) is 11.5 Å². The molecule has 1 rings (SSSR count). The Bertz CT molecular complexity index is 427. The third kappa shape index (κ3) is 2.79. The maximum atomic E-state index is 11.2. The Morgan fingerprint density at radius 3 is 2.61 bits per heavy atom. The first-order chi connectivity index (χ1) is 8.40. The van der Waals surface area contributed by atoms with Crippen molar-refractivity contribution in [2.24, 2.45) is 0 Å². The Morgan fingerprint density at radius 2 is 2.17 bits per heavy atom. The lowest BCUT2D eigenvalue weighted by molar-refractivity contribution is -0.384. The minimum Gasteiger partial charge on any atom is -0.353 e. The van der Waals surface area contributed by atoms with Crippen LogP contribution < -0.4 is 10.2 Å². The van der Waals surface area contributed by atoms with E-state index >= 15 is 0 Å². The highest BCUT2D eigenvalue weighted by atomic mass is 16.6. The summed E-state index contributed by atoms with van der Waals surface area (Å²) in [4.78, 5) is 12.7. The Hall–Kier alpha value is -1.63. The minimum absolute atomic E-state index is 0.0874. The van der Waals surface area contributed by atoms with E-state index in [0.717, 1.165) is 6.54 Å². The molecule has 0 unspecified atom stereocenters. The molecule has 1 heterocycles. The number of anilines is 1. The fourth-order valence-electron chi connectivity index (χ4n) is 1.84. The SMILES string of the molecule is CNCCN(C)c1c([N+](=O)[O-])c(C)nn1C(C)C. The van der Waals surface area contributed by atoms with E-state index in [4.69, 9.17) is 0 Å². The van der Waals surface area contributed by atoms with Crippen molar-refractivity contribution in [3.8, 4) is 0 Å². The van der Waals surface area contributed by atoms with Gasteiger partial charge in [-0.3, -0.25) is 10.1 Å². The second-order valence-electron chi connectivity index (χ2n) is 4.58. The maximum absolute atomic E-state index is 11.2. The normalized spacial score (nSPS) is 11.0. The number of likely N-dealkylation sites (N-methyl/N-ethyl adjacent to an activating group) is 2. The Morgan fingerprint density at radius 1 is 1.56 bits per heavy atom. The number of nitrogens with one attached hydrogen (secondary N) is 1. The average molecular weight is 255 g/mol. The second-order valence-corrected chi connectivity index (χ2v) is 4.58. The number of hydrogen-bond acceptors (Lipinski definition) is 5. The van der Waals surface area contributed by atoms with Crippen LogP contribution in [0.25, 0.3) is 0 Å². The van der Waals surface area contributed by atoms with E-state index in [2.05, 4.69) is 10.4 Å².